The molecule has 6 nitrogen and oxygen atoms in total. The molecule has 0 spiro atoms. The highest BCUT2D eigenvalue weighted by atomic mass is 35.5. The van der Waals surface area contributed by atoms with Crippen LogP contribution in [-0.4, -0.2) is 44.8 Å². The highest BCUT2D eigenvalue weighted by Crippen LogP contribution is 2.24. The highest BCUT2D eigenvalue weighted by molar-refractivity contribution is 7.89. The van der Waals surface area contributed by atoms with Gasteiger partial charge in [-0.15, -0.1) is 0 Å². The molecule has 1 aliphatic rings. The number of nitrogens with two attached hydrogens (primary N) is 1. The number of carbonyl (C=O) groups excluding carboxylic acids is 1. The van der Waals surface area contributed by atoms with Gasteiger partial charge >= 0.3 is 0 Å². The first kappa shape index (κ1) is 17.2. The van der Waals surface area contributed by atoms with Gasteiger partial charge in [0.1, 0.15) is 0 Å². The number of hydrogen-bond donors (Lipinski definition) is 2. The minimum absolute atomic E-state index is 0.138. The van der Waals surface area contributed by atoms with E-state index in [0.29, 0.717) is 37.5 Å². The van der Waals surface area contributed by atoms with Crippen molar-refractivity contribution in [2.24, 2.45) is 11.7 Å². The summed E-state index contributed by atoms with van der Waals surface area (Å²) in [6.45, 7) is 1.39. The molecule has 1 heterocycles. The third-order valence-corrected chi connectivity index (χ3v) is 5.78. The lowest BCUT2D eigenvalue weighted by Crippen LogP contribution is -2.46. The number of amides is 1. The van der Waals surface area contributed by atoms with Crippen LogP contribution in [0.4, 0.5) is 0 Å². The summed E-state index contributed by atoms with van der Waals surface area (Å²) in [5.41, 5.74) is 5.36. The second-order valence-electron chi connectivity index (χ2n) is 5.24. The van der Waals surface area contributed by atoms with Crippen molar-refractivity contribution < 1.29 is 13.2 Å². The van der Waals surface area contributed by atoms with E-state index in [1.165, 1.54) is 16.4 Å². The van der Waals surface area contributed by atoms with E-state index in [9.17, 15) is 13.2 Å². The molecular weight excluding hydrogens is 326 g/mol. The van der Waals surface area contributed by atoms with Crippen LogP contribution in [0.1, 0.15) is 12.8 Å². The average molecular weight is 346 g/mol. The Labute approximate surface area is 135 Å². The number of sulfonamides is 1. The van der Waals surface area contributed by atoms with Gasteiger partial charge in [-0.25, -0.2) is 8.42 Å². The van der Waals surface area contributed by atoms with Gasteiger partial charge in [0.25, 0.3) is 0 Å². The van der Waals surface area contributed by atoms with Crippen molar-refractivity contribution in [3.05, 3.63) is 29.3 Å². The lowest BCUT2D eigenvalue weighted by atomic mass is 9.99. The van der Waals surface area contributed by atoms with Crippen LogP contribution in [0.3, 0.4) is 0 Å². The monoisotopic (exact) mass is 345 g/mol. The van der Waals surface area contributed by atoms with E-state index in [1.54, 1.807) is 12.1 Å². The number of nitrogens with zero attached hydrogens (tertiary/aromatic N) is 1. The smallest absolute Gasteiger partial charge is 0.243 e. The zero-order valence-corrected chi connectivity index (χ0v) is 13.7. The maximum absolute atomic E-state index is 12.6. The first-order valence-corrected chi connectivity index (χ1v) is 9.00. The van der Waals surface area contributed by atoms with Crippen LogP contribution in [0.5, 0.6) is 0 Å². The van der Waals surface area contributed by atoms with Crippen molar-refractivity contribution in [1.29, 1.82) is 0 Å². The van der Waals surface area contributed by atoms with Crippen LogP contribution in [0.25, 0.3) is 0 Å². The lowest BCUT2D eigenvalue weighted by molar-refractivity contribution is -0.126. The van der Waals surface area contributed by atoms with Gasteiger partial charge in [0.2, 0.25) is 15.9 Å². The molecule has 0 radical (unpaired) electrons. The van der Waals surface area contributed by atoms with Crippen molar-refractivity contribution in [1.82, 2.24) is 9.62 Å². The number of hydrogen-bond acceptors (Lipinski definition) is 4. The molecule has 8 heteroatoms. The topological polar surface area (TPSA) is 92.5 Å². The van der Waals surface area contributed by atoms with E-state index in [0.717, 1.165) is 0 Å². The summed E-state index contributed by atoms with van der Waals surface area (Å²) < 4.78 is 26.6. The predicted octanol–water partition coefficient (Wildman–Crippen LogP) is 0.816. The Morgan fingerprint density at radius 2 is 2.05 bits per heavy atom. The van der Waals surface area contributed by atoms with E-state index in [2.05, 4.69) is 5.32 Å². The minimum Gasteiger partial charge on any atom is -0.355 e. The van der Waals surface area contributed by atoms with E-state index >= 15 is 0 Å². The van der Waals surface area contributed by atoms with Gasteiger partial charge in [-0.2, -0.15) is 4.31 Å². The molecule has 1 aromatic carbocycles. The Morgan fingerprint density at radius 3 is 2.68 bits per heavy atom. The van der Waals surface area contributed by atoms with Crippen LogP contribution in [0.15, 0.2) is 29.2 Å². The molecule has 1 atom stereocenters. The SMILES string of the molecule is NCCNC(=O)C1CCCN(S(=O)(=O)c2ccc(Cl)cc2)C1. The zero-order chi connectivity index (χ0) is 16.2. The zero-order valence-electron chi connectivity index (χ0n) is 12.2. The largest absolute Gasteiger partial charge is 0.355 e. The van der Waals surface area contributed by atoms with Crippen LogP contribution >= 0.6 is 11.6 Å². The average Bonchev–Trinajstić information content (AvgIpc) is 2.53. The molecule has 122 valence electrons. The highest BCUT2D eigenvalue weighted by Gasteiger charge is 2.33. The minimum atomic E-state index is -3.60. The normalized spacial score (nSPS) is 19.8. The number of carbonyl (C=O) groups is 1. The first-order valence-electron chi connectivity index (χ1n) is 7.18. The Bertz CT molecular complexity index is 619. The van der Waals surface area contributed by atoms with Gasteiger partial charge in [0.05, 0.1) is 10.8 Å². The van der Waals surface area contributed by atoms with E-state index in [4.69, 9.17) is 17.3 Å². The fraction of sp³-hybridized carbons (Fsp3) is 0.500. The molecule has 1 fully saturated rings. The fourth-order valence-electron chi connectivity index (χ4n) is 2.47. The van der Waals surface area contributed by atoms with Crippen molar-refractivity contribution in [2.45, 2.75) is 17.7 Å². The molecule has 1 saturated heterocycles. The van der Waals surface area contributed by atoms with Crippen molar-refractivity contribution in [3.63, 3.8) is 0 Å². The van der Waals surface area contributed by atoms with Gasteiger partial charge in [0, 0.05) is 31.2 Å². The Morgan fingerprint density at radius 1 is 1.36 bits per heavy atom. The standard InChI is InChI=1S/C14H20ClN3O3S/c15-12-3-5-13(6-4-12)22(20,21)18-9-1-2-11(10-18)14(19)17-8-7-16/h3-6,11H,1-2,7-10,16H2,(H,17,19). The first-order chi connectivity index (χ1) is 10.4. The van der Waals surface area contributed by atoms with Crippen LogP contribution in [0.2, 0.25) is 5.02 Å². The van der Waals surface area contributed by atoms with Gasteiger partial charge in [-0.05, 0) is 37.1 Å². The molecule has 3 N–H and O–H groups in total. The van der Waals surface area contributed by atoms with E-state index in [1.807, 2.05) is 0 Å². The molecule has 2 rings (SSSR count). The molecule has 22 heavy (non-hydrogen) atoms. The van der Waals surface area contributed by atoms with Crippen LogP contribution < -0.4 is 11.1 Å². The van der Waals surface area contributed by atoms with Crippen LogP contribution in [0, 0.1) is 5.92 Å². The molecule has 1 aliphatic heterocycles. The second kappa shape index (κ2) is 7.41. The van der Waals surface area contributed by atoms with Crippen molar-refractivity contribution in [3.8, 4) is 0 Å². The third kappa shape index (κ3) is 3.98. The third-order valence-electron chi connectivity index (χ3n) is 3.65. The number of piperidine rings is 1. The van der Waals surface area contributed by atoms with E-state index in [-0.39, 0.29) is 23.3 Å². The number of benzene rings is 1. The van der Waals surface area contributed by atoms with Crippen LogP contribution in [-0.2, 0) is 14.8 Å². The van der Waals surface area contributed by atoms with E-state index < -0.39 is 10.0 Å². The quantitative estimate of drug-likeness (QED) is 0.826. The molecule has 1 aromatic rings. The van der Waals surface area contributed by atoms with Gasteiger partial charge < -0.3 is 11.1 Å². The van der Waals surface area contributed by atoms with Gasteiger partial charge in [0.15, 0.2) is 0 Å². The molecule has 0 aromatic heterocycles. The summed E-state index contributed by atoms with van der Waals surface area (Å²) in [6, 6.07) is 6.05. The Hall–Kier alpha value is -1.15. The molecule has 0 saturated carbocycles. The Balaban J connectivity index is 2.11. The maximum atomic E-state index is 12.6. The lowest BCUT2D eigenvalue weighted by Gasteiger charge is -2.31. The Kier molecular flexibility index (Phi) is 5.80. The summed E-state index contributed by atoms with van der Waals surface area (Å²) in [5, 5.41) is 3.20. The number of nitrogens with one attached hydrogen (secondary N) is 1. The number of rotatable bonds is 5. The maximum Gasteiger partial charge on any atom is 0.243 e. The number of halogens is 1. The molecular formula is C14H20ClN3O3S. The predicted molar refractivity (Wildman–Crippen MR) is 85.0 cm³/mol. The molecule has 0 aliphatic carbocycles. The summed E-state index contributed by atoms with van der Waals surface area (Å²) in [4.78, 5) is 12.2. The summed E-state index contributed by atoms with van der Waals surface area (Å²) in [7, 11) is -3.60. The summed E-state index contributed by atoms with van der Waals surface area (Å²) in [5.74, 6) is -0.469. The summed E-state index contributed by atoms with van der Waals surface area (Å²) >= 11 is 5.79. The second-order valence-corrected chi connectivity index (χ2v) is 7.61. The fourth-order valence-corrected chi connectivity index (χ4v) is 4.12. The molecule has 1 amide bonds. The molecule has 1 unspecified atom stereocenters. The van der Waals surface area contributed by atoms with Gasteiger partial charge in [-0.3, -0.25) is 4.79 Å². The summed E-state index contributed by atoms with van der Waals surface area (Å²) in [6.07, 6.45) is 1.34. The molecule has 0 bridgehead atoms. The van der Waals surface area contributed by atoms with Gasteiger partial charge in [-0.1, -0.05) is 11.6 Å². The van der Waals surface area contributed by atoms with Crippen molar-refractivity contribution >= 4 is 27.5 Å². The van der Waals surface area contributed by atoms with Crippen molar-refractivity contribution in [2.75, 3.05) is 26.2 Å².